The molecule has 2 fully saturated rings. The monoisotopic (exact) mass is 334 g/mol. The van der Waals surface area contributed by atoms with Crippen LogP contribution >= 0.6 is 24.8 Å². The molecule has 0 atom stereocenters. The molecule has 1 aliphatic carbocycles. The lowest BCUT2D eigenvalue weighted by Gasteiger charge is -2.36. The molecule has 1 saturated carbocycles. The fourth-order valence-corrected chi connectivity index (χ4v) is 3.42. The van der Waals surface area contributed by atoms with E-state index in [1.807, 2.05) is 11.0 Å². The first-order valence-corrected chi connectivity index (χ1v) is 7.26. The Morgan fingerprint density at radius 2 is 1.90 bits per heavy atom. The summed E-state index contributed by atoms with van der Waals surface area (Å²) in [7, 11) is 0. The second-order valence-electron chi connectivity index (χ2n) is 5.94. The van der Waals surface area contributed by atoms with Gasteiger partial charge in [0.15, 0.2) is 0 Å². The van der Waals surface area contributed by atoms with Gasteiger partial charge in [0.05, 0.1) is 5.54 Å². The summed E-state index contributed by atoms with van der Waals surface area (Å²) < 4.78 is 0. The first-order chi connectivity index (χ1) is 9.19. The van der Waals surface area contributed by atoms with Gasteiger partial charge in [-0.1, -0.05) is 12.8 Å². The first kappa shape index (κ1) is 18.3. The molecule has 1 amide bonds. The van der Waals surface area contributed by atoms with Crippen molar-refractivity contribution in [2.75, 3.05) is 13.1 Å². The van der Waals surface area contributed by atoms with E-state index in [-0.39, 0.29) is 30.7 Å². The lowest BCUT2D eigenvalue weighted by atomic mass is 9.91. The van der Waals surface area contributed by atoms with Gasteiger partial charge in [-0.3, -0.25) is 9.89 Å². The van der Waals surface area contributed by atoms with Crippen molar-refractivity contribution in [3.8, 4) is 0 Å². The van der Waals surface area contributed by atoms with Gasteiger partial charge in [0.1, 0.15) is 0 Å². The summed E-state index contributed by atoms with van der Waals surface area (Å²) in [5.41, 5.74) is 6.88. The average Bonchev–Trinajstić information content (AvgIpc) is 3.10. The minimum Gasteiger partial charge on any atom is -0.341 e. The molecule has 120 valence electrons. The molecule has 0 aromatic carbocycles. The summed E-state index contributed by atoms with van der Waals surface area (Å²) in [6, 6.07) is 2.03. The molecule has 3 N–H and O–H groups in total. The predicted octanol–water partition coefficient (Wildman–Crippen LogP) is 2.23. The van der Waals surface area contributed by atoms with Crippen molar-refractivity contribution in [1.82, 2.24) is 15.1 Å². The van der Waals surface area contributed by atoms with E-state index in [2.05, 4.69) is 10.2 Å². The van der Waals surface area contributed by atoms with Crippen molar-refractivity contribution in [1.29, 1.82) is 0 Å². The van der Waals surface area contributed by atoms with Crippen molar-refractivity contribution in [2.24, 2.45) is 5.73 Å². The van der Waals surface area contributed by atoms with E-state index in [0.717, 1.165) is 51.6 Å². The molecule has 1 aromatic heterocycles. The van der Waals surface area contributed by atoms with Gasteiger partial charge in [0.2, 0.25) is 5.91 Å². The van der Waals surface area contributed by atoms with Gasteiger partial charge in [-0.2, -0.15) is 5.10 Å². The van der Waals surface area contributed by atoms with Crippen LogP contribution in [0.1, 0.15) is 50.1 Å². The Hall–Kier alpha value is -0.780. The van der Waals surface area contributed by atoms with E-state index in [9.17, 15) is 4.79 Å². The quantitative estimate of drug-likeness (QED) is 0.870. The second kappa shape index (κ2) is 7.47. The zero-order chi connectivity index (χ0) is 13.3. The minimum absolute atomic E-state index is 0. The highest BCUT2D eigenvalue weighted by Crippen LogP contribution is 2.32. The zero-order valence-corrected chi connectivity index (χ0v) is 13.7. The van der Waals surface area contributed by atoms with Gasteiger partial charge >= 0.3 is 0 Å². The van der Waals surface area contributed by atoms with Crippen molar-refractivity contribution in [3.63, 3.8) is 0 Å². The largest absolute Gasteiger partial charge is 0.341 e. The highest BCUT2D eigenvalue weighted by atomic mass is 35.5. The number of hydrogen-bond donors (Lipinski definition) is 2. The molecule has 1 aromatic rings. The SMILES string of the molecule is Cl.Cl.NC1(C(=O)N2CCC(c3ccn[nH]3)CC2)CCCC1. The van der Waals surface area contributed by atoms with E-state index in [0.29, 0.717) is 5.92 Å². The van der Waals surface area contributed by atoms with Crippen LogP contribution in [0.2, 0.25) is 0 Å². The van der Waals surface area contributed by atoms with Crippen LogP contribution in [0.5, 0.6) is 0 Å². The first-order valence-electron chi connectivity index (χ1n) is 7.26. The molecule has 2 heterocycles. The zero-order valence-electron chi connectivity index (χ0n) is 12.1. The van der Waals surface area contributed by atoms with E-state index >= 15 is 0 Å². The number of rotatable bonds is 2. The molecular weight excluding hydrogens is 311 g/mol. The normalized spacial score (nSPS) is 21.5. The molecule has 7 heteroatoms. The third-order valence-electron chi connectivity index (χ3n) is 4.67. The number of carbonyl (C=O) groups excluding carboxylic acids is 1. The number of nitrogens with two attached hydrogens (primary N) is 1. The predicted molar refractivity (Wildman–Crippen MR) is 87.0 cm³/mol. The van der Waals surface area contributed by atoms with Gasteiger partial charge in [-0.25, -0.2) is 0 Å². The summed E-state index contributed by atoms with van der Waals surface area (Å²) in [6.45, 7) is 1.64. The fraction of sp³-hybridized carbons (Fsp3) is 0.714. The maximum Gasteiger partial charge on any atom is 0.242 e. The molecule has 5 nitrogen and oxygen atoms in total. The number of amides is 1. The number of carbonyl (C=O) groups is 1. The van der Waals surface area contributed by atoms with E-state index in [4.69, 9.17) is 5.73 Å². The minimum atomic E-state index is -0.569. The number of aromatic amines is 1. The fourth-order valence-electron chi connectivity index (χ4n) is 3.42. The van der Waals surface area contributed by atoms with Gasteiger partial charge in [-0.05, 0) is 31.7 Å². The van der Waals surface area contributed by atoms with Gasteiger partial charge < -0.3 is 10.6 Å². The maximum atomic E-state index is 12.5. The summed E-state index contributed by atoms with van der Waals surface area (Å²) in [4.78, 5) is 14.5. The third kappa shape index (κ3) is 3.71. The number of halogens is 2. The van der Waals surface area contributed by atoms with Crippen LogP contribution in [0.15, 0.2) is 12.3 Å². The van der Waals surface area contributed by atoms with Crippen LogP contribution in [-0.2, 0) is 4.79 Å². The summed E-state index contributed by atoms with van der Waals surface area (Å²) in [5.74, 6) is 0.678. The van der Waals surface area contributed by atoms with Gasteiger partial charge in [-0.15, -0.1) is 24.8 Å². The number of nitrogens with zero attached hydrogens (tertiary/aromatic N) is 2. The summed E-state index contributed by atoms with van der Waals surface area (Å²) in [6.07, 6.45) is 7.69. The van der Waals surface area contributed by atoms with Crippen LogP contribution < -0.4 is 5.73 Å². The van der Waals surface area contributed by atoms with Gasteiger partial charge in [0.25, 0.3) is 0 Å². The van der Waals surface area contributed by atoms with Gasteiger partial charge in [0, 0.05) is 30.9 Å². The number of H-pyrrole nitrogens is 1. The molecule has 0 radical (unpaired) electrons. The number of nitrogens with one attached hydrogen (secondary N) is 1. The van der Waals surface area contributed by atoms with E-state index in [1.165, 1.54) is 5.69 Å². The number of aromatic nitrogens is 2. The molecule has 0 bridgehead atoms. The van der Waals surface area contributed by atoms with Crippen LogP contribution in [0.3, 0.4) is 0 Å². The molecule has 0 spiro atoms. The molecule has 3 rings (SSSR count). The number of likely N-dealkylation sites (tertiary alicyclic amines) is 1. The van der Waals surface area contributed by atoms with Crippen molar-refractivity contribution < 1.29 is 4.79 Å². The Bertz CT molecular complexity index is 438. The Morgan fingerprint density at radius 3 is 2.43 bits per heavy atom. The number of hydrogen-bond acceptors (Lipinski definition) is 3. The van der Waals surface area contributed by atoms with Crippen molar-refractivity contribution in [3.05, 3.63) is 18.0 Å². The molecule has 1 saturated heterocycles. The molecule has 2 aliphatic rings. The van der Waals surface area contributed by atoms with Crippen LogP contribution in [0.25, 0.3) is 0 Å². The number of piperidine rings is 1. The van der Waals surface area contributed by atoms with Crippen molar-refractivity contribution >= 4 is 30.7 Å². The van der Waals surface area contributed by atoms with Crippen LogP contribution in [-0.4, -0.2) is 39.6 Å². The second-order valence-corrected chi connectivity index (χ2v) is 5.94. The Kier molecular flexibility index (Phi) is 6.50. The molecule has 1 aliphatic heterocycles. The topological polar surface area (TPSA) is 75.0 Å². The smallest absolute Gasteiger partial charge is 0.242 e. The molecule has 21 heavy (non-hydrogen) atoms. The summed E-state index contributed by atoms with van der Waals surface area (Å²) in [5, 5.41) is 7.04. The van der Waals surface area contributed by atoms with Crippen LogP contribution in [0, 0.1) is 0 Å². The molecule has 0 unspecified atom stereocenters. The highest BCUT2D eigenvalue weighted by Gasteiger charge is 2.40. The van der Waals surface area contributed by atoms with Crippen LogP contribution in [0.4, 0.5) is 0 Å². The Balaban J connectivity index is 0.00000110. The third-order valence-corrected chi connectivity index (χ3v) is 4.67. The standard InChI is InChI=1S/C14H22N4O.2ClH/c15-14(6-1-2-7-14)13(19)18-9-4-11(5-10-18)12-3-8-16-17-12;;/h3,8,11H,1-2,4-7,9-10,15H2,(H,16,17);2*1H. The van der Waals surface area contributed by atoms with Crippen molar-refractivity contribution in [2.45, 2.75) is 50.0 Å². The summed E-state index contributed by atoms with van der Waals surface area (Å²) >= 11 is 0. The highest BCUT2D eigenvalue weighted by molar-refractivity contribution is 5.86. The maximum absolute atomic E-state index is 12.5. The lowest BCUT2D eigenvalue weighted by molar-refractivity contribution is -0.137. The molecular formula is C14H24Cl2N4O. The van der Waals surface area contributed by atoms with E-state index in [1.54, 1.807) is 6.20 Å². The Morgan fingerprint density at radius 1 is 1.29 bits per heavy atom. The lowest BCUT2D eigenvalue weighted by Crippen LogP contribution is -2.55. The Labute approximate surface area is 137 Å². The van der Waals surface area contributed by atoms with E-state index < -0.39 is 5.54 Å². The average molecular weight is 335 g/mol.